The third kappa shape index (κ3) is 4.79. The average Bonchev–Trinajstić information content (AvgIpc) is 4.12. The molecule has 15 aromatic rings. The maximum absolute atomic E-state index is 5.93. The SMILES string of the molecule is CC(C)(C)c1ccc2c(c1)c1cc3ccccc3c3c4cc5c(nc4n2c13)c1cc(C(C)(C)C)cc2c3c4ccccc4cc(-c4ccc6c(c4)c4ccccc4n6-c4ccccc4)c3n5c12. The lowest BCUT2D eigenvalue weighted by Crippen LogP contribution is -2.10. The molecule has 0 aliphatic heterocycles. The van der Waals surface area contributed by atoms with Crippen molar-refractivity contribution in [3.8, 4) is 16.8 Å². The average molecular weight is 859 g/mol. The van der Waals surface area contributed by atoms with E-state index in [1.807, 2.05) is 0 Å². The summed E-state index contributed by atoms with van der Waals surface area (Å²) >= 11 is 0. The van der Waals surface area contributed by atoms with Gasteiger partial charge in [0.2, 0.25) is 0 Å². The summed E-state index contributed by atoms with van der Waals surface area (Å²) in [6.45, 7) is 13.9. The van der Waals surface area contributed by atoms with Crippen molar-refractivity contribution in [2.45, 2.75) is 52.4 Å². The Balaban J connectivity index is 1.13. The van der Waals surface area contributed by atoms with Crippen molar-refractivity contribution in [3.63, 3.8) is 0 Å². The lowest BCUT2D eigenvalue weighted by molar-refractivity contribution is 0.591. The summed E-state index contributed by atoms with van der Waals surface area (Å²) in [7, 11) is 0. The summed E-state index contributed by atoms with van der Waals surface area (Å²) < 4.78 is 7.48. The number of fused-ring (bicyclic) bond motifs is 19. The summed E-state index contributed by atoms with van der Waals surface area (Å²) in [4.78, 5) is 5.93. The normalized spacial score (nSPS) is 13.2. The minimum atomic E-state index is -0.0906. The number of aromatic nitrogens is 4. The molecule has 0 aliphatic carbocycles. The molecule has 67 heavy (non-hydrogen) atoms. The van der Waals surface area contributed by atoms with E-state index in [2.05, 4.69) is 225 Å². The molecule has 0 spiro atoms. The number of pyridine rings is 1. The summed E-state index contributed by atoms with van der Waals surface area (Å²) in [5, 5.41) is 16.3. The number of rotatable bonds is 2. The molecule has 0 aliphatic rings. The van der Waals surface area contributed by atoms with Crippen molar-refractivity contribution in [2.75, 3.05) is 0 Å². The van der Waals surface area contributed by atoms with E-state index in [1.165, 1.54) is 125 Å². The largest absolute Gasteiger partial charge is 0.309 e. The smallest absolute Gasteiger partial charge is 0.146 e. The summed E-state index contributed by atoms with van der Waals surface area (Å²) in [5.74, 6) is 0. The molecule has 318 valence electrons. The Kier molecular flexibility index (Phi) is 6.94. The van der Waals surface area contributed by atoms with Crippen LogP contribution in [0.2, 0.25) is 0 Å². The minimum absolute atomic E-state index is 0.0278. The van der Waals surface area contributed by atoms with Crippen LogP contribution >= 0.6 is 0 Å². The first-order valence-corrected chi connectivity index (χ1v) is 23.7. The van der Waals surface area contributed by atoms with Crippen LogP contribution in [0.5, 0.6) is 0 Å². The van der Waals surface area contributed by atoms with Crippen LogP contribution in [-0.4, -0.2) is 18.4 Å². The molecule has 4 nitrogen and oxygen atoms in total. The highest BCUT2D eigenvalue weighted by Gasteiger charge is 2.29. The molecule has 4 heteroatoms. The Morgan fingerprint density at radius 2 is 0.985 bits per heavy atom. The second-order valence-electron chi connectivity index (χ2n) is 21.2. The van der Waals surface area contributed by atoms with Crippen molar-refractivity contribution in [1.82, 2.24) is 18.4 Å². The molecule has 6 heterocycles. The van der Waals surface area contributed by atoms with Crippen molar-refractivity contribution in [3.05, 3.63) is 181 Å². The van der Waals surface area contributed by atoms with Crippen molar-refractivity contribution >= 4 is 120 Å². The molecule has 15 rings (SSSR count). The van der Waals surface area contributed by atoms with E-state index >= 15 is 0 Å². The van der Waals surface area contributed by atoms with E-state index in [-0.39, 0.29) is 10.8 Å². The number of benzene rings is 9. The quantitative estimate of drug-likeness (QED) is 0.170. The Morgan fingerprint density at radius 1 is 0.373 bits per heavy atom. The number of hydrogen-bond donors (Lipinski definition) is 0. The van der Waals surface area contributed by atoms with E-state index in [4.69, 9.17) is 4.98 Å². The van der Waals surface area contributed by atoms with Crippen LogP contribution in [0.4, 0.5) is 0 Å². The fraction of sp³-hybridized carbons (Fsp3) is 0.127. The molecular formula is C63H46N4. The second-order valence-corrected chi connectivity index (χ2v) is 21.2. The zero-order valence-electron chi connectivity index (χ0n) is 38.5. The van der Waals surface area contributed by atoms with Crippen LogP contribution in [-0.2, 0) is 10.8 Å². The third-order valence-corrected chi connectivity index (χ3v) is 15.3. The monoisotopic (exact) mass is 858 g/mol. The van der Waals surface area contributed by atoms with E-state index in [0.29, 0.717) is 0 Å². The number of para-hydroxylation sites is 2. The second kappa shape index (κ2) is 12.5. The van der Waals surface area contributed by atoms with Gasteiger partial charge in [-0.05, 0) is 122 Å². The number of hydrogen-bond acceptors (Lipinski definition) is 1. The molecule has 0 radical (unpaired) electrons. The molecule has 6 aromatic heterocycles. The van der Waals surface area contributed by atoms with Crippen molar-refractivity contribution in [1.29, 1.82) is 0 Å². The summed E-state index contributed by atoms with van der Waals surface area (Å²) in [6.07, 6.45) is 0. The first-order chi connectivity index (χ1) is 32.5. The van der Waals surface area contributed by atoms with Crippen molar-refractivity contribution in [2.24, 2.45) is 0 Å². The van der Waals surface area contributed by atoms with Gasteiger partial charge in [0, 0.05) is 59.7 Å². The minimum Gasteiger partial charge on any atom is -0.309 e. The Morgan fingerprint density at radius 3 is 1.75 bits per heavy atom. The van der Waals surface area contributed by atoms with Crippen LogP contribution < -0.4 is 0 Å². The van der Waals surface area contributed by atoms with Crippen LogP contribution in [0.3, 0.4) is 0 Å². The highest BCUT2D eigenvalue weighted by molar-refractivity contribution is 6.34. The van der Waals surface area contributed by atoms with Crippen LogP contribution in [0.1, 0.15) is 52.7 Å². The summed E-state index contributed by atoms with van der Waals surface area (Å²) in [6, 6.07) is 64.1. The Bertz CT molecular complexity index is 4620. The van der Waals surface area contributed by atoms with Crippen molar-refractivity contribution < 1.29 is 0 Å². The Labute approximate surface area is 386 Å². The van der Waals surface area contributed by atoms with Crippen LogP contribution in [0.15, 0.2) is 170 Å². The van der Waals surface area contributed by atoms with Gasteiger partial charge in [-0.1, -0.05) is 139 Å². The third-order valence-electron chi connectivity index (χ3n) is 15.3. The van der Waals surface area contributed by atoms with Gasteiger partial charge in [0.15, 0.2) is 0 Å². The zero-order chi connectivity index (χ0) is 44.8. The lowest BCUT2D eigenvalue weighted by Gasteiger charge is -2.19. The molecule has 0 fully saturated rings. The van der Waals surface area contributed by atoms with Gasteiger partial charge in [0.05, 0.1) is 44.1 Å². The predicted octanol–water partition coefficient (Wildman–Crippen LogP) is 17.0. The maximum Gasteiger partial charge on any atom is 0.146 e. The molecule has 0 saturated heterocycles. The molecule has 0 saturated carbocycles. The molecule has 0 bridgehead atoms. The molecular weight excluding hydrogens is 813 g/mol. The molecule has 0 amide bonds. The zero-order valence-corrected chi connectivity index (χ0v) is 38.5. The molecule has 0 N–H and O–H groups in total. The Hall–Kier alpha value is -7.95. The van der Waals surface area contributed by atoms with Gasteiger partial charge in [-0.25, -0.2) is 4.98 Å². The highest BCUT2D eigenvalue weighted by atomic mass is 15.0. The van der Waals surface area contributed by atoms with E-state index < -0.39 is 0 Å². The van der Waals surface area contributed by atoms with Crippen LogP contribution in [0, 0.1) is 0 Å². The standard InChI is InChI=1S/C63H46N4/c1-62(2,3)38-25-27-53-46(31-38)47-30-36-17-11-13-21-42(36)56-49-34-54-57(64-61(49)67(53)60(47)56)50-33-39(63(4,5)6)32-48-55-41-20-12-10-16-35(41)28-44(59(55)66(54)58(48)50)37-24-26-52-45(29-37)43-22-14-15-23-51(43)65(52)40-18-8-7-9-19-40/h7-34H,1-6H3. The lowest BCUT2D eigenvalue weighted by atomic mass is 9.85. The number of nitrogens with zero attached hydrogens (tertiary/aromatic N) is 4. The van der Waals surface area contributed by atoms with E-state index in [1.54, 1.807) is 0 Å². The van der Waals surface area contributed by atoms with E-state index in [9.17, 15) is 0 Å². The van der Waals surface area contributed by atoms with Gasteiger partial charge >= 0.3 is 0 Å². The maximum atomic E-state index is 5.93. The molecule has 0 atom stereocenters. The fourth-order valence-electron chi connectivity index (χ4n) is 12.1. The van der Waals surface area contributed by atoms with Gasteiger partial charge in [0.25, 0.3) is 0 Å². The first-order valence-electron chi connectivity index (χ1n) is 23.7. The molecule has 0 unspecified atom stereocenters. The highest BCUT2D eigenvalue weighted by Crippen LogP contribution is 2.50. The first kappa shape index (κ1) is 37.3. The van der Waals surface area contributed by atoms with Gasteiger partial charge in [-0.3, -0.25) is 4.40 Å². The fourth-order valence-corrected chi connectivity index (χ4v) is 12.1. The predicted molar refractivity (Wildman–Crippen MR) is 286 cm³/mol. The van der Waals surface area contributed by atoms with Gasteiger partial charge in [-0.15, -0.1) is 0 Å². The summed E-state index contributed by atoms with van der Waals surface area (Å²) in [5.41, 5.74) is 16.7. The van der Waals surface area contributed by atoms with Gasteiger partial charge < -0.3 is 8.97 Å². The van der Waals surface area contributed by atoms with E-state index in [0.717, 1.165) is 22.4 Å². The molecule has 9 aromatic carbocycles. The van der Waals surface area contributed by atoms with Crippen LogP contribution in [0.25, 0.3) is 137 Å². The van der Waals surface area contributed by atoms with Gasteiger partial charge in [0.1, 0.15) is 5.65 Å². The van der Waals surface area contributed by atoms with Gasteiger partial charge in [-0.2, -0.15) is 0 Å². The topological polar surface area (TPSA) is 26.6 Å².